The van der Waals surface area contributed by atoms with E-state index in [1.165, 1.54) is 0 Å². The molecule has 0 unspecified atom stereocenters. The summed E-state index contributed by atoms with van der Waals surface area (Å²) in [6, 6.07) is 9.59. The van der Waals surface area contributed by atoms with Gasteiger partial charge in [0.1, 0.15) is 0 Å². The van der Waals surface area contributed by atoms with E-state index in [-0.39, 0.29) is 0 Å². The lowest BCUT2D eigenvalue weighted by atomic mass is 10.1. The fourth-order valence-corrected chi connectivity index (χ4v) is 1.36. The summed E-state index contributed by atoms with van der Waals surface area (Å²) >= 11 is 0. The number of aromatic amines is 1. The Bertz CT molecular complexity index is 490. The average Bonchev–Trinajstić information content (AvgIpc) is 2.66. The van der Waals surface area contributed by atoms with Gasteiger partial charge in [-0.1, -0.05) is 12.1 Å². The fourth-order valence-electron chi connectivity index (χ4n) is 1.36. The molecule has 0 radical (unpaired) electrons. The van der Waals surface area contributed by atoms with Crippen LogP contribution in [0.3, 0.4) is 0 Å². The SMILES string of the molecule is Cc1n[nH]nc1Cc1ccc(C#N)cc1. The van der Waals surface area contributed by atoms with E-state index in [1.807, 2.05) is 31.2 Å². The Morgan fingerprint density at radius 1 is 1.27 bits per heavy atom. The molecule has 4 nitrogen and oxygen atoms in total. The fraction of sp³-hybridized carbons (Fsp3) is 0.182. The topological polar surface area (TPSA) is 65.4 Å². The van der Waals surface area contributed by atoms with Gasteiger partial charge in [0.05, 0.1) is 23.0 Å². The van der Waals surface area contributed by atoms with Crippen molar-refractivity contribution in [1.29, 1.82) is 5.26 Å². The van der Waals surface area contributed by atoms with E-state index in [0.29, 0.717) is 5.56 Å². The lowest BCUT2D eigenvalue weighted by Gasteiger charge is -1.98. The second-order valence-corrected chi connectivity index (χ2v) is 3.34. The molecule has 2 rings (SSSR count). The third-order valence-electron chi connectivity index (χ3n) is 2.27. The minimum atomic E-state index is 0.677. The largest absolute Gasteiger partial charge is 0.197 e. The van der Waals surface area contributed by atoms with Gasteiger partial charge in [0, 0.05) is 6.42 Å². The van der Waals surface area contributed by atoms with Crippen LogP contribution in [0.2, 0.25) is 0 Å². The highest BCUT2D eigenvalue weighted by molar-refractivity contribution is 5.33. The number of rotatable bonds is 2. The van der Waals surface area contributed by atoms with Crippen LogP contribution in [0.15, 0.2) is 24.3 Å². The zero-order chi connectivity index (χ0) is 10.7. The highest BCUT2D eigenvalue weighted by atomic mass is 15.3. The zero-order valence-corrected chi connectivity index (χ0v) is 8.36. The number of nitrogens with zero attached hydrogens (tertiary/aromatic N) is 3. The Morgan fingerprint density at radius 2 is 2.00 bits per heavy atom. The van der Waals surface area contributed by atoms with Gasteiger partial charge < -0.3 is 0 Å². The molecule has 74 valence electrons. The summed E-state index contributed by atoms with van der Waals surface area (Å²) in [4.78, 5) is 0. The molecule has 0 saturated heterocycles. The van der Waals surface area contributed by atoms with Crippen molar-refractivity contribution in [3.63, 3.8) is 0 Å². The van der Waals surface area contributed by atoms with Crippen molar-refractivity contribution in [3.05, 3.63) is 46.8 Å². The van der Waals surface area contributed by atoms with Crippen LogP contribution in [0.25, 0.3) is 0 Å². The van der Waals surface area contributed by atoms with E-state index in [4.69, 9.17) is 5.26 Å². The summed E-state index contributed by atoms with van der Waals surface area (Å²) in [5, 5.41) is 19.3. The first kappa shape index (κ1) is 9.41. The van der Waals surface area contributed by atoms with E-state index in [2.05, 4.69) is 21.5 Å². The van der Waals surface area contributed by atoms with E-state index in [0.717, 1.165) is 23.4 Å². The average molecular weight is 198 g/mol. The second-order valence-electron chi connectivity index (χ2n) is 3.34. The summed E-state index contributed by atoms with van der Waals surface area (Å²) in [6.45, 7) is 1.92. The lowest BCUT2D eigenvalue weighted by Crippen LogP contribution is -1.91. The third-order valence-corrected chi connectivity index (χ3v) is 2.27. The molecule has 4 heteroatoms. The van der Waals surface area contributed by atoms with E-state index in [1.54, 1.807) is 0 Å². The van der Waals surface area contributed by atoms with E-state index < -0.39 is 0 Å². The number of aryl methyl sites for hydroxylation is 1. The van der Waals surface area contributed by atoms with Gasteiger partial charge in [-0.25, -0.2) is 0 Å². The Hall–Kier alpha value is -2.15. The summed E-state index contributed by atoms with van der Waals surface area (Å²) < 4.78 is 0. The smallest absolute Gasteiger partial charge is 0.0991 e. The molecular weight excluding hydrogens is 188 g/mol. The molecule has 15 heavy (non-hydrogen) atoms. The minimum Gasteiger partial charge on any atom is -0.197 e. The van der Waals surface area contributed by atoms with Crippen molar-refractivity contribution in [1.82, 2.24) is 15.4 Å². The van der Waals surface area contributed by atoms with Crippen molar-refractivity contribution in [2.24, 2.45) is 0 Å². The van der Waals surface area contributed by atoms with E-state index in [9.17, 15) is 0 Å². The minimum absolute atomic E-state index is 0.677. The Kier molecular flexibility index (Phi) is 2.46. The van der Waals surface area contributed by atoms with Gasteiger partial charge in [-0.2, -0.15) is 20.7 Å². The molecular formula is C11H10N4. The Balaban J connectivity index is 2.19. The molecule has 0 spiro atoms. The van der Waals surface area contributed by atoms with Gasteiger partial charge in [-0.15, -0.1) is 0 Å². The van der Waals surface area contributed by atoms with Gasteiger partial charge in [0.15, 0.2) is 0 Å². The van der Waals surface area contributed by atoms with Gasteiger partial charge >= 0.3 is 0 Å². The maximum absolute atomic E-state index is 8.65. The molecule has 0 aliphatic rings. The third kappa shape index (κ3) is 2.02. The molecule has 0 aliphatic heterocycles. The Labute approximate surface area is 87.6 Å². The first-order valence-corrected chi connectivity index (χ1v) is 4.65. The number of benzene rings is 1. The van der Waals surface area contributed by atoms with Crippen LogP contribution in [-0.2, 0) is 6.42 Å². The summed E-state index contributed by atoms with van der Waals surface area (Å²) in [6.07, 6.45) is 0.744. The van der Waals surface area contributed by atoms with Gasteiger partial charge in [0.2, 0.25) is 0 Å². The first-order chi connectivity index (χ1) is 7.29. The molecule has 0 fully saturated rings. The Morgan fingerprint density at radius 3 is 2.53 bits per heavy atom. The van der Waals surface area contributed by atoms with E-state index >= 15 is 0 Å². The van der Waals surface area contributed by atoms with Crippen LogP contribution >= 0.6 is 0 Å². The molecule has 1 heterocycles. The lowest BCUT2D eigenvalue weighted by molar-refractivity contribution is 0.912. The quantitative estimate of drug-likeness (QED) is 0.796. The number of hydrogen-bond acceptors (Lipinski definition) is 3. The van der Waals surface area contributed by atoms with Crippen molar-refractivity contribution in [2.75, 3.05) is 0 Å². The van der Waals surface area contributed by atoms with Gasteiger partial charge in [0.25, 0.3) is 0 Å². The van der Waals surface area contributed by atoms with Crippen LogP contribution in [-0.4, -0.2) is 15.4 Å². The van der Waals surface area contributed by atoms with Crippen LogP contribution in [0.5, 0.6) is 0 Å². The van der Waals surface area contributed by atoms with Crippen molar-refractivity contribution < 1.29 is 0 Å². The predicted octanol–water partition coefficient (Wildman–Crippen LogP) is 1.58. The van der Waals surface area contributed by atoms with Crippen LogP contribution in [0.1, 0.15) is 22.5 Å². The molecule has 1 aromatic carbocycles. The molecule has 2 aromatic rings. The molecule has 0 atom stereocenters. The molecule has 0 bridgehead atoms. The van der Waals surface area contributed by atoms with Crippen molar-refractivity contribution >= 4 is 0 Å². The van der Waals surface area contributed by atoms with Crippen LogP contribution < -0.4 is 0 Å². The van der Waals surface area contributed by atoms with Crippen molar-refractivity contribution in [3.8, 4) is 6.07 Å². The highest BCUT2D eigenvalue weighted by Crippen LogP contribution is 2.10. The molecule has 1 N–H and O–H groups in total. The summed E-state index contributed by atoms with van der Waals surface area (Å²) in [5.41, 5.74) is 3.67. The number of H-pyrrole nitrogens is 1. The normalized spacial score (nSPS) is 9.87. The van der Waals surface area contributed by atoms with Gasteiger partial charge in [-0.05, 0) is 24.6 Å². The molecule has 0 aliphatic carbocycles. The van der Waals surface area contributed by atoms with Crippen molar-refractivity contribution in [2.45, 2.75) is 13.3 Å². The summed E-state index contributed by atoms with van der Waals surface area (Å²) in [5.74, 6) is 0. The monoisotopic (exact) mass is 198 g/mol. The second kappa shape index (κ2) is 3.93. The molecule has 0 saturated carbocycles. The predicted molar refractivity (Wildman–Crippen MR) is 55.1 cm³/mol. The maximum atomic E-state index is 8.65. The van der Waals surface area contributed by atoms with Gasteiger partial charge in [-0.3, -0.25) is 0 Å². The standard InChI is InChI=1S/C11H10N4/c1-8-11(14-15-13-8)6-9-2-4-10(7-12)5-3-9/h2-5H,6H2,1H3,(H,13,14,15). The zero-order valence-electron chi connectivity index (χ0n) is 8.36. The maximum Gasteiger partial charge on any atom is 0.0991 e. The van der Waals surface area contributed by atoms with Crippen LogP contribution in [0, 0.1) is 18.3 Å². The molecule has 1 aromatic heterocycles. The van der Waals surface area contributed by atoms with Crippen LogP contribution in [0.4, 0.5) is 0 Å². The highest BCUT2D eigenvalue weighted by Gasteiger charge is 2.03. The number of hydrogen-bond donors (Lipinski definition) is 1. The molecule has 0 amide bonds. The number of aromatic nitrogens is 3. The number of nitriles is 1. The summed E-state index contributed by atoms with van der Waals surface area (Å²) in [7, 11) is 0. The first-order valence-electron chi connectivity index (χ1n) is 4.65. The number of nitrogens with one attached hydrogen (secondary N) is 1.